The van der Waals surface area contributed by atoms with Crippen molar-refractivity contribution in [3.05, 3.63) is 0 Å². The summed E-state index contributed by atoms with van der Waals surface area (Å²) in [6.07, 6.45) is 2.90. The second-order valence-corrected chi connectivity index (χ2v) is 7.32. The molecular weight excluding hydrogens is 228 g/mol. The molecule has 1 saturated carbocycles. The van der Waals surface area contributed by atoms with Crippen molar-refractivity contribution in [1.29, 1.82) is 0 Å². The SMILES string of the molecule is CC1(C)CC(N2CC(O)CC2=O)CC(C)(CN)C1. The third-order valence-electron chi connectivity index (χ3n) is 4.49. The van der Waals surface area contributed by atoms with Gasteiger partial charge in [-0.3, -0.25) is 4.79 Å². The first kappa shape index (κ1) is 13.8. The molecule has 1 amide bonds. The summed E-state index contributed by atoms with van der Waals surface area (Å²) in [4.78, 5) is 13.8. The fraction of sp³-hybridized carbons (Fsp3) is 0.929. The number of carbonyl (C=O) groups is 1. The van der Waals surface area contributed by atoms with Crippen LogP contribution in [0.15, 0.2) is 0 Å². The lowest BCUT2D eigenvalue weighted by molar-refractivity contribution is -0.132. The van der Waals surface area contributed by atoms with E-state index < -0.39 is 6.10 Å². The first-order chi connectivity index (χ1) is 8.25. The van der Waals surface area contributed by atoms with Crippen molar-refractivity contribution < 1.29 is 9.90 Å². The van der Waals surface area contributed by atoms with Crippen LogP contribution < -0.4 is 5.73 Å². The van der Waals surface area contributed by atoms with Gasteiger partial charge in [0.15, 0.2) is 0 Å². The van der Waals surface area contributed by atoms with E-state index in [2.05, 4.69) is 20.8 Å². The molecule has 0 aromatic heterocycles. The van der Waals surface area contributed by atoms with E-state index >= 15 is 0 Å². The number of likely N-dealkylation sites (tertiary alicyclic amines) is 1. The molecule has 1 saturated heterocycles. The zero-order valence-corrected chi connectivity index (χ0v) is 11.8. The largest absolute Gasteiger partial charge is 0.391 e. The average Bonchev–Trinajstić information content (AvgIpc) is 2.55. The summed E-state index contributed by atoms with van der Waals surface area (Å²) in [5.41, 5.74) is 6.25. The predicted octanol–water partition coefficient (Wildman–Crippen LogP) is 1.12. The lowest BCUT2D eigenvalue weighted by Crippen LogP contribution is -2.49. The maximum atomic E-state index is 11.9. The average molecular weight is 254 g/mol. The summed E-state index contributed by atoms with van der Waals surface area (Å²) in [6, 6.07) is 0.243. The van der Waals surface area contributed by atoms with E-state index in [4.69, 9.17) is 5.73 Å². The molecule has 104 valence electrons. The van der Waals surface area contributed by atoms with Crippen molar-refractivity contribution in [3.63, 3.8) is 0 Å². The third-order valence-corrected chi connectivity index (χ3v) is 4.49. The van der Waals surface area contributed by atoms with Gasteiger partial charge in [0, 0.05) is 12.6 Å². The summed E-state index contributed by atoms with van der Waals surface area (Å²) in [5.74, 6) is 0.101. The number of nitrogens with two attached hydrogens (primary N) is 1. The molecule has 2 aliphatic rings. The molecular formula is C14H26N2O2. The fourth-order valence-corrected chi connectivity index (χ4v) is 4.02. The zero-order valence-electron chi connectivity index (χ0n) is 11.8. The van der Waals surface area contributed by atoms with Gasteiger partial charge in [-0.2, -0.15) is 0 Å². The summed E-state index contributed by atoms with van der Waals surface area (Å²) >= 11 is 0. The highest BCUT2D eigenvalue weighted by molar-refractivity contribution is 5.79. The van der Waals surface area contributed by atoms with Crippen LogP contribution in [0.25, 0.3) is 0 Å². The minimum absolute atomic E-state index is 0.101. The Morgan fingerprint density at radius 2 is 2.06 bits per heavy atom. The van der Waals surface area contributed by atoms with Gasteiger partial charge in [0.05, 0.1) is 12.5 Å². The molecule has 0 aromatic carbocycles. The van der Waals surface area contributed by atoms with E-state index in [0.29, 0.717) is 13.1 Å². The topological polar surface area (TPSA) is 66.6 Å². The van der Waals surface area contributed by atoms with E-state index in [1.165, 1.54) is 0 Å². The highest BCUT2D eigenvalue weighted by atomic mass is 16.3. The first-order valence-corrected chi connectivity index (χ1v) is 6.92. The Kier molecular flexibility index (Phi) is 3.45. The third kappa shape index (κ3) is 2.69. The Hall–Kier alpha value is -0.610. The number of β-amino-alcohol motifs (C(OH)–C–C–N with tert-alkyl or cyclic N) is 1. The van der Waals surface area contributed by atoms with Gasteiger partial charge >= 0.3 is 0 Å². The number of nitrogens with zero attached hydrogens (tertiary/aromatic N) is 1. The van der Waals surface area contributed by atoms with E-state index in [1.54, 1.807) is 0 Å². The van der Waals surface area contributed by atoms with E-state index in [-0.39, 0.29) is 29.2 Å². The van der Waals surface area contributed by atoms with Gasteiger partial charge in [0.2, 0.25) is 5.91 Å². The normalized spacial score (nSPS) is 40.3. The van der Waals surface area contributed by atoms with Crippen LogP contribution in [-0.2, 0) is 4.79 Å². The smallest absolute Gasteiger partial charge is 0.225 e. The molecule has 3 N–H and O–H groups in total. The molecule has 0 spiro atoms. The lowest BCUT2D eigenvalue weighted by Gasteiger charge is -2.48. The van der Waals surface area contributed by atoms with Crippen molar-refractivity contribution in [2.24, 2.45) is 16.6 Å². The van der Waals surface area contributed by atoms with Crippen molar-refractivity contribution in [2.75, 3.05) is 13.1 Å². The maximum Gasteiger partial charge on any atom is 0.225 e. The van der Waals surface area contributed by atoms with E-state index in [9.17, 15) is 9.90 Å². The van der Waals surface area contributed by atoms with Gasteiger partial charge in [0.1, 0.15) is 0 Å². The molecule has 0 radical (unpaired) electrons. The van der Waals surface area contributed by atoms with Crippen LogP contribution in [0.3, 0.4) is 0 Å². The Labute approximate surface area is 110 Å². The van der Waals surface area contributed by atoms with Crippen LogP contribution >= 0.6 is 0 Å². The molecule has 2 fully saturated rings. The molecule has 18 heavy (non-hydrogen) atoms. The summed E-state index contributed by atoms with van der Waals surface area (Å²) in [5, 5.41) is 9.63. The minimum Gasteiger partial charge on any atom is -0.391 e. The highest BCUT2D eigenvalue weighted by Crippen LogP contribution is 2.47. The van der Waals surface area contributed by atoms with Gasteiger partial charge < -0.3 is 15.7 Å². The number of aliphatic hydroxyl groups is 1. The molecule has 4 nitrogen and oxygen atoms in total. The standard InChI is InChI=1S/C14H26N2O2/c1-13(2)5-10(6-14(3,8-13)9-15)16-7-11(17)4-12(16)18/h10-11,17H,4-9,15H2,1-3H3. The van der Waals surface area contributed by atoms with Gasteiger partial charge in [-0.1, -0.05) is 20.8 Å². The van der Waals surface area contributed by atoms with Crippen LogP contribution in [0.4, 0.5) is 0 Å². The molecule has 0 aromatic rings. The summed E-state index contributed by atoms with van der Waals surface area (Å²) in [7, 11) is 0. The van der Waals surface area contributed by atoms with Crippen LogP contribution in [0, 0.1) is 10.8 Å². The van der Waals surface area contributed by atoms with E-state index in [1.807, 2.05) is 4.90 Å². The second-order valence-electron chi connectivity index (χ2n) is 7.32. The number of hydrogen-bond donors (Lipinski definition) is 2. The Balaban J connectivity index is 2.15. The molecule has 1 aliphatic carbocycles. The molecule has 2 rings (SSSR count). The summed E-state index contributed by atoms with van der Waals surface area (Å²) in [6.45, 7) is 7.89. The molecule has 3 unspecified atom stereocenters. The quantitative estimate of drug-likeness (QED) is 0.776. The molecule has 1 heterocycles. The monoisotopic (exact) mass is 254 g/mol. The number of aliphatic hydroxyl groups excluding tert-OH is 1. The van der Waals surface area contributed by atoms with Crippen molar-refractivity contribution in [2.45, 2.75) is 58.6 Å². The maximum absolute atomic E-state index is 11.9. The number of carbonyl (C=O) groups excluding carboxylic acids is 1. The van der Waals surface area contributed by atoms with E-state index in [0.717, 1.165) is 19.3 Å². The Morgan fingerprint density at radius 3 is 2.56 bits per heavy atom. The number of rotatable bonds is 2. The number of amides is 1. The predicted molar refractivity (Wildman–Crippen MR) is 70.9 cm³/mol. The van der Waals surface area contributed by atoms with Gasteiger partial charge in [-0.25, -0.2) is 0 Å². The highest BCUT2D eigenvalue weighted by Gasteiger charge is 2.45. The molecule has 3 atom stereocenters. The van der Waals surface area contributed by atoms with Crippen LogP contribution in [0.5, 0.6) is 0 Å². The zero-order chi connectivity index (χ0) is 13.6. The fourth-order valence-electron chi connectivity index (χ4n) is 4.02. The Bertz CT molecular complexity index is 343. The van der Waals surface area contributed by atoms with Crippen LogP contribution in [0.2, 0.25) is 0 Å². The molecule has 1 aliphatic heterocycles. The number of hydrogen-bond acceptors (Lipinski definition) is 3. The molecule has 0 bridgehead atoms. The van der Waals surface area contributed by atoms with Crippen LogP contribution in [0.1, 0.15) is 46.5 Å². The van der Waals surface area contributed by atoms with Crippen molar-refractivity contribution >= 4 is 5.91 Å². The second kappa shape index (κ2) is 4.49. The molecule has 4 heteroatoms. The Morgan fingerprint density at radius 1 is 1.39 bits per heavy atom. The van der Waals surface area contributed by atoms with Gasteiger partial charge in [-0.05, 0) is 36.6 Å². The van der Waals surface area contributed by atoms with Gasteiger partial charge in [0.25, 0.3) is 0 Å². The van der Waals surface area contributed by atoms with Crippen molar-refractivity contribution in [3.8, 4) is 0 Å². The minimum atomic E-state index is -0.480. The van der Waals surface area contributed by atoms with Crippen molar-refractivity contribution in [1.82, 2.24) is 4.90 Å². The lowest BCUT2D eigenvalue weighted by atomic mass is 9.62. The summed E-state index contributed by atoms with van der Waals surface area (Å²) < 4.78 is 0. The van der Waals surface area contributed by atoms with Crippen LogP contribution in [-0.4, -0.2) is 41.1 Å². The van der Waals surface area contributed by atoms with Gasteiger partial charge in [-0.15, -0.1) is 0 Å². The first-order valence-electron chi connectivity index (χ1n) is 6.92.